The van der Waals surface area contributed by atoms with E-state index in [1.54, 1.807) is 0 Å². The summed E-state index contributed by atoms with van der Waals surface area (Å²) in [6.45, 7) is 5.07. The summed E-state index contributed by atoms with van der Waals surface area (Å²) in [4.78, 5) is 7.67. The molecule has 1 N–H and O–H groups in total. The van der Waals surface area contributed by atoms with Crippen LogP contribution in [-0.2, 0) is 6.42 Å². The average Bonchev–Trinajstić information content (AvgIpc) is 2.46. The second-order valence-electron chi connectivity index (χ2n) is 3.51. The van der Waals surface area contributed by atoms with Crippen LogP contribution in [0.25, 0.3) is 0 Å². The molecule has 3 nitrogen and oxygen atoms in total. The van der Waals surface area contributed by atoms with E-state index in [2.05, 4.69) is 23.8 Å². The Labute approximate surface area is 73.6 Å². The van der Waals surface area contributed by atoms with E-state index in [1.165, 1.54) is 5.69 Å². The van der Waals surface area contributed by atoms with Crippen molar-refractivity contribution in [2.45, 2.75) is 32.6 Å². The van der Waals surface area contributed by atoms with Crippen molar-refractivity contribution in [3.63, 3.8) is 0 Å². The Morgan fingerprint density at radius 3 is 3.08 bits per heavy atom. The second-order valence-corrected chi connectivity index (χ2v) is 3.51. The molecule has 1 aromatic rings. The number of aromatic amines is 1. The van der Waals surface area contributed by atoms with Crippen molar-refractivity contribution in [2.75, 3.05) is 6.61 Å². The van der Waals surface area contributed by atoms with Gasteiger partial charge in [0.25, 0.3) is 0 Å². The maximum atomic E-state index is 5.41. The normalized spacial score (nSPS) is 15.9. The molecule has 0 aromatic carbocycles. The maximum Gasteiger partial charge on any atom is 0.235 e. The van der Waals surface area contributed by atoms with Gasteiger partial charge in [-0.3, -0.25) is 0 Å². The van der Waals surface area contributed by atoms with Crippen molar-refractivity contribution in [1.82, 2.24) is 9.97 Å². The first-order valence-corrected chi connectivity index (χ1v) is 4.49. The second kappa shape index (κ2) is 2.81. The topological polar surface area (TPSA) is 37.9 Å². The highest BCUT2D eigenvalue weighted by atomic mass is 16.5. The van der Waals surface area contributed by atoms with Crippen LogP contribution in [0.1, 0.15) is 39.1 Å². The standard InChI is InChI=1S/C9H14N2O.H2/c1-6(2)8-10-7-4-3-5-12-9(7)11-8;/h6H,3-5H2,1-2H3,(H,10,11);1H. The number of H-pyrrole nitrogens is 1. The van der Waals surface area contributed by atoms with Crippen LogP contribution < -0.4 is 4.74 Å². The van der Waals surface area contributed by atoms with Crippen LogP contribution in [0.5, 0.6) is 5.88 Å². The van der Waals surface area contributed by atoms with Gasteiger partial charge in [-0.1, -0.05) is 13.8 Å². The molecule has 1 aliphatic rings. The van der Waals surface area contributed by atoms with Crippen LogP contribution in [-0.4, -0.2) is 16.6 Å². The third kappa shape index (κ3) is 1.19. The van der Waals surface area contributed by atoms with Crippen LogP contribution in [0.2, 0.25) is 0 Å². The molecule has 1 aromatic heterocycles. The van der Waals surface area contributed by atoms with Gasteiger partial charge in [0, 0.05) is 7.34 Å². The summed E-state index contributed by atoms with van der Waals surface area (Å²) >= 11 is 0. The van der Waals surface area contributed by atoms with Crippen LogP contribution in [0.15, 0.2) is 0 Å². The quantitative estimate of drug-likeness (QED) is 0.697. The van der Waals surface area contributed by atoms with Crippen LogP contribution in [0.4, 0.5) is 0 Å². The monoisotopic (exact) mass is 168 g/mol. The summed E-state index contributed by atoms with van der Waals surface area (Å²) < 4.78 is 5.41. The van der Waals surface area contributed by atoms with Crippen molar-refractivity contribution in [2.24, 2.45) is 0 Å². The molecule has 3 heteroatoms. The largest absolute Gasteiger partial charge is 0.476 e. The molecule has 0 spiro atoms. The Hall–Kier alpha value is -0.990. The fourth-order valence-electron chi connectivity index (χ4n) is 1.39. The number of aromatic nitrogens is 2. The van der Waals surface area contributed by atoms with Crippen LogP contribution in [0, 0.1) is 0 Å². The Balaban J connectivity index is 0.000000845. The molecule has 0 amide bonds. The fourth-order valence-corrected chi connectivity index (χ4v) is 1.39. The van der Waals surface area contributed by atoms with Crippen molar-refractivity contribution < 1.29 is 6.16 Å². The van der Waals surface area contributed by atoms with Crippen molar-refractivity contribution in [1.29, 1.82) is 0 Å². The number of hydrogen-bond acceptors (Lipinski definition) is 2. The van der Waals surface area contributed by atoms with Gasteiger partial charge in [0.2, 0.25) is 5.88 Å². The predicted molar refractivity (Wildman–Crippen MR) is 48.6 cm³/mol. The molecule has 0 atom stereocenters. The highest BCUT2D eigenvalue weighted by Crippen LogP contribution is 2.24. The smallest absolute Gasteiger partial charge is 0.235 e. The summed E-state index contributed by atoms with van der Waals surface area (Å²) in [5, 5.41) is 0. The minimum Gasteiger partial charge on any atom is -0.476 e. The number of rotatable bonds is 1. The molecular formula is C9H16N2O. The molecule has 2 heterocycles. The van der Waals surface area contributed by atoms with Crippen LogP contribution >= 0.6 is 0 Å². The van der Waals surface area contributed by atoms with E-state index in [9.17, 15) is 0 Å². The Morgan fingerprint density at radius 1 is 1.58 bits per heavy atom. The fraction of sp³-hybridized carbons (Fsp3) is 0.667. The van der Waals surface area contributed by atoms with E-state index in [4.69, 9.17) is 4.74 Å². The molecule has 68 valence electrons. The van der Waals surface area contributed by atoms with Gasteiger partial charge < -0.3 is 9.72 Å². The van der Waals surface area contributed by atoms with Gasteiger partial charge in [-0.15, -0.1) is 0 Å². The Morgan fingerprint density at radius 2 is 2.42 bits per heavy atom. The van der Waals surface area contributed by atoms with Gasteiger partial charge >= 0.3 is 0 Å². The molecule has 1 aliphatic heterocycles. The van der Waals surface area contributed by atoms with Gasteiger partial charge in [0.15, 0.2) is 0 Å². The molecule has 0 radical (unpaired) electrons. The van der Waals surface area contributed by atoms with E-state index >= 15 is 0 Å². The lowest BCUT2D eigenvalue weighted by Gasteiger charge is -2.09. The zero-order valence-corrected chi connectivity index (χ0v) is 7.55. The Bertz CT molecular complexity index is 260. The highest BCUT2D eigenvalue weighted by Gasteiger charge is 2.16. The summed E-state index contributed by atoms with van der Waals surface area (Å²) in [6.07, 6.45) is 2.18. The molecule has 0 fully saturated rings. The molecule has 0 unspecified atom stereocenters. The van der Waals surface area contributed by atoms with E-state index in [1.807, 2.05) is 0 Å². The lowest BCUT2D eigenvalue weighted by molar-refractivity contribution is 0.277. The lowest BCUT2D eigenvalue weighted by Crippen LogP contribution is -2.07. The minimum atomic E-state index is 0. The number of nitrogens with one attached hydrogen (secondary N) is 1. The van der Waals surface area contributed by atoms with Crippen molar-refractivity contribution in [3.8, 4) is 5.88 Å². The number of nitrogens with zero attached hydrogens (tertiary/aromatic N) is 1. The van der Waals surface area contributed by atoms with Gasteiger partial charge in [-0.05, 0) is 12.8 Å². The van der Waals surface area contributed by atoms with E-state index in [0.29, 0.717) is 5.92 Å². The minimum absolute atomic E-state index is 0. The third-order valence-electron chi connectivity index (χ3n) is 2.12. The summed E-state index contributed by atoms with van der Waals surface area (Å²) in [5.74, 6) is 2.33. The van der Waals surface area contributed by atoms with E-state index in [0.717, 1.165) is 31.2 Å². The SMILES string of the molecule is CC(C)c1nc2c([nH]1)CCCO2.[HH]. The number of aryl methyl sites for hydroxylation is 1. The number of fused-ring (bicyclic) bond motifs is 1. The zero-order valence-electron chi connectivity index (χ0n) is 7.55. The third-order valence-corrected chi connectivity index (χ3v) is 2.12. The van der Waals surface area contributed by atoms with E-state index in [-0.39, 0.29) is 1.43 Å². The number of hydrogen-bond donors (Lipinski definition) is 1. The molecule has 2 rings (SSSR count). The summed E-state index contributed by atoms with van der Waals surface area (Å²) in [5.41, 5.74) is 1.17. The Kier molecular flexibility index (Phi) is 1.79. The molecule has 0 bridgehead atoms. The summed E-state index contributed by atoms with van der Waals surface area (Å²) in [7, 11) is 0. The van der Waals surface area contributed by atoms with E-state index < -0.39 is 0 Å². The molecule has 0 saturated carbocycles. The average molecular weight is 168 g/mol. The van der Waals surface area contributed by atoms with Gasteiger partial charge in [-0.2, -0.15) is 4.98 Å². The molecule has 12 heavy (non-hydrogen) atoms. The number of imidazole rings is 1. The molecule has 0 aliphatic carbocycles. The molecular weight excluding hydrogens is 152 g/mol. The predicted octanol–water partition coefficient (Wildman–Crippen LogP) is 2.10. The summed E-state index contributed by atoms with van der Waals surface area (Å²) in [6, 6.07) is 0. The van der Waals surface area contributed by atoms with Gasteiger partial charge in [0.05, 0.1) is 12.3 Å². The first-order valence-electron chi connectivity index (χ1n) is 4.49. The molecule has 0 saturated heterocycles. The van der Waals surface area contributed by atoms with Gasteiger partial charge in [0.1, 0.15) is 5.82 Å². The first-order chi connectivity index (χ1) is 5.77. The maximum absolute atomic E-state index is 5.41. The highest BCUT2D eigenvalue weighted by molar-refractivity contribution is 5.23. The lowest BCUT2D eigenvalue weighted by atomic mass is 10.2. The van der Waals surface area contributed by atoms with Crippen LogP contribution in [0.3, 0.4) is 0 Å². The van der Waals surface area contributed by atoms with Crippen molar-refractivity contribution >= 4 is 0 Å². The van der Waals surface area contributed by atoms with Gasteiger partial charge in [-0.25, -0.2) is 0 Å². The zero-order chi connectivity index (χ0) is 8.55. The number of ether oxygens (including phenoxy) is 1. The first kappa shape index (κ1) is 7.65. The van der Waals surface area contributed by atoms with Crippen molar-refractivity contribution in [3.05, 3.63) is 11.5 Å².